The molecule has 0 aliphatic rings. The summed E-state index contributed by atoms with van der Waals surface area (Å²) in [5.74, 6) is 0.684. The van der Waals surface area contributed by atoms with Crippen LogP contribution in [0, 0.1) is 11.3 Å². The van der Waals surface area contributed by atoms with Gasteiger partial charge < -0.3 is 18.9 Å². The van der Waals surface area contributed by atoms with E-state index in [9.17, 15) is 0 Å². The standard InChI is InChI=1S/C15H21NO4/c1-17-6-3-7-18-8-9-19-10-11-20-15-5-2-4-14(12-15)13-16/h2,4-5,12H,3,6-11H2,1H3. The van der Waals surface area contributed by atoms with E-state index in [0.717, 1.165) is 13.0 Å². The van der Waals surface area contributed by atoms with Crippen molar-refractivity contribution in [2.45, 2.75) is 6.42 Å². The highest BCUT2D eigenvalue weighted by atomic mass is 16.5. The largest absolute Gasteiger partial charge is 0.491 e. The van der Waals surface area contributed by atoms with E-state index in [1.807, 2.05) is 6.07 Å². The second kappa shape index (κ2) is 11.2. The van der Waals surface area contributed by atoms with Crippen molar-refractivity contribution >= 4 is 0 Å². The summed E-state index contributed by atoms with van der Waals surface area (Å²) in [6, 6.07) is 9.13. The molecule has 1 aromatic carbocycles. The molecule has 20 heavy (non-hydrogen) atoms. The molecule has 0 radical (unpaired) electrons. The third-order valence-corrected chi connectivity index (χ3v) is 2.47. The number of benzene rings is 1. The van der Waals surface area contributed by atoms with E-state index in [-0.39, 0.29) is 0 Å². The van der Waals surface area contributed by atoms with Gasteiger partial charge in [-0.25, -0.2) is 0 Å². The topological polar surface area (TPSA) is 60.7 Å². The Morgan fingerprint density at radius 3 is 2.50 bits per heavy atom. The molecule has 1 aromatic rings. The predicted molar refractivity (Wildman–Crippen MR) is 74.8 cm³/mol. The van der Waals surface area contributed by atoms with Crippen molar-refractivity contribution < 1.29 is 18.9 Å². The van der Waals surface area contributed by atoms with Gasteiger partial charge in [0.05, 0.1) is 31.5 Å². The maximum absolute atomic E-state index is 8.76. The Hall–Kier alpha value is -1.61. The van der Waals surface area contributed by atoms with Crippen LogP contribution in [-0.2, 0) is 14.2 Å². The maximum Gasteiger partial charge on any atom is 0.120 e. The molecular formula is C15H21NO4. The Balaban J connectivity index is 1.95. The van der Waals surface area contributed by atoms with Crippen LogP contribution in [0.2, 0.25) is 0 Å². The van der Waals surface area contributed by atoms with Gasteiger partial charge in [-0.2, -0.15) is 5.26 Å². The lowest BCUT2D eigenvalue weighted by molar-refractivity contribution is 0.0304. The normalized spacial score (nSPS) is 10.2. The highest BCUT2D eigenvalue weighted by molar-refractivity contribution is 5.36. The van der Waals surface area contributed by atoms with Crippen molar-refractivity contribution in [3.05, 3.63) is 29.8 Å². The number of nitriles is 1. The van der Waals surface area contributed by atoms with Gasteiger partial charge in [-0.05, 0) is 24.6 Å². The first kappa shape index (κ1) is 16.4. The minimum Gasteiger partial charge on any atom is -0.491 e. The molecule has 1 rings (SSSR count). The van der Waals surface area contributed by atoms with Crippen LogP contribution in [0.25, 0.3) is 0 Å². The van der Waals surface area contributed by atoms with E-state index in [0.29, 0.717) is 44.3 Å². The monoisotopic (exact) mass is 279 g/mol. The molecule has 110 valence electrons. The van der Waals surface area contributed by atoms with Crippen molar-refractivity contribution in [2.75, 3.05) is 46.8 Å². The van der Waals surface area contributed by atoms with Crippen LogP contribution in [-0.4, -0.2) is 46.8 Å². The number of hydrogen-bond acceptors (Lipinski definition) is 5. The third kappa shape index (κ3) is 7.74. The zero-order valence-electron chi connectivity index (χ0n) is 11.8. The Morgan fingerprint density at radius 2 is 1.75 bits per heavy atom. The first-order chi connectivity index (χ1) is 9.86. The first-order valence-electron chi connectivity index (χ1n) is 6.64. The molecule has 0 saturated carbocycles. The summed E-state index contributed by atoms with van der Waals surface area (Å²) >= 11 is 0. The average molecular weight is 279 g/mol. The lowest BCUT2D eigenvalue weighted by atomic mass is 10.2. The smallest absolute Gasteiger partial charge is 0.120 e. The van der Waals surface area contributed by atoms with E-state index in [4.69, 9.17) is 24.2 Å². The Labute approximate surface area is 120 Å². The Morgan fingerprint density at radius 1 is 1.00 bits per heavy atom. The molecule has 5 heteroatoms. The van der Waals surface area contributed by atoms with Crippen molar-refractivity contribution in [1.29, 1.82) is 5.26 Å². The molecule has 0 aliphatic heterocycles. The molecule has 0 aliphatic carbocycles. The van der Waals surface area contributed by atoms with E-state index in [1.54, 1.807) is 25.3 Å². The van der Waals surface area contributed by atoms with Crippen LogP contribution in [0.1, 0.15) is 12.0 Å². The predicted octanol–water partition coefficient (Wildman–Crippen LogP) is 2.01. The molecule has 0 aromatic heterocycles. The zero-order valence-corrected chi connectivity index (χ0v) is 11.8. The fourth-order valence-electron chi connectivity index (χ4n) is 1.50. The molecule has 5 nitrogen and oxygen atoms in total. The molecule has 0 heterocycles. The fraction of sp³-hybridized carbons (Fsp3) is 0.533. The van der Waals surface area contributed by atoms with Gasteiger partial charge in [-0.1, -0.05) is 6.07 Å². The minimum atomic E-state index is 0.457. The molecule has 0 N–H and O–H groups in total. The number of rotatable bonds is 11. The molecule has 0 fully saturated rings. The lowest BCUT2D eigenvalue weighted by Gasteiger charge is -2.08. The van der Waals surface area contributed by atoms with Crippen LogP contribution in [0.5, 0.6) is 5.75 Å². The second-order valence-electron chi connectivity index (χ2n) is 4.06. The van der Waals surface area contributed by atoms with Crippen LogP contribution in [0.15, 0.2) is 24.3 Å². The van der Waals surface area contributed by atoms with Crippen molar-refractivity contribution in [3.8, 4) is 11.8 Å². The number of ether oxygens (including phenoxy) is 4. The molecule has 0 saturated heterocycles. The second-order valence-corrected chi connectivity index (χ2v) is 4.06. The summed E-state index contributed by atoms with van der Waals surface area (Å²) in [5, 5.41) is 8.76. The van der Waals surface area contributed by atoms with Crippen LogP contribution in [0.3, 0.4) is 0 Å². The van der Waals surface area contributed by atoms with E-state index in [2.05, 4.69) is 6.07 Å². The zero-order chi connectivity index (χ0) is 14.5. The quantitative estimate of drug-likeness (QED) is 0.580. The molecular weight excluding hydrogens is 258 g/mol. The van der Waals surface area contributed by atoms with Gasteiger partial charge in [0.25, 0.3) is 0 Å². The van der Waals surface area contributed by atoms with Crippen molar-refractivity contribution in [1.82, 2.24) is 0 Å². The summed E-state index contributed by atoms with van der Waals surface area (Å²) in [6.07, 6.45) is 0.898. The van der Waals surface area contributed by atoms with Crippen LogP contribution in [0.4, 0.5) is 0 Å². The van der Waals surface area contributed by atoms with Gasteiger partial charge in [0, 0.05) is 20.3 Å². The van der Waals surface area contributed by atoms with Gasteiger partial charge in [-0.15, -0.1) is 0 Å². The summed E-state index contributed by atoms with van der Waals surface area (Å²) in [5.41, 5.74) is 0.591. The summed E-state index contributed by atoms with van der Waals surface area (Å²) in [7, 11) is 1.68. The highest BCUT2D eigenvalue weighted by Gasteiger charge is 1.96. The highest BCUT2D eigenvalue weighted by Crippen LogP contribution is 2.12. The first-order valence-corrected chi connectivity index (χ1v) is 6.64. The molecule has 0 atom stereocenters. The van der Waals surface area contributed by atoms with E-state index < -0.39 is 0 Å². The van der Waals surface area contributed by atoms with Gasteiger partial charge in [0.1, 0.15) is 12.4 Å². The average Bonchev–Trinajstić information content (AvgIpc) is 2.49. The SMILES string of the molecule is COCCCOCCOCCOc1cccc(C#N)c1. The number of hydrogen-bond donors (Lipinski definition) is 0. The number of methoxy groups -OCH3 is 1. The summed E-state index contributed by atoms with van der Waals surface area (Å²) in [6.45, 7) is 3.49. The molecule has 0 bridgehead atoms. The van der Waals surface area contributed by atoms with Crippen molar-refractivity contribution in [3.63, 3.8) is 0 Å². The van der Waals surface area contributed by atoms with Crippen LogP contribution < -0.4 is 4.74 Å². The third-order valence-electron chi connectivity index (χ3n) is 2.47. The number of nitrogens with zero attached hydrogens (tertiary/aromatic N) is 1. The fourth-order valence-corrected chi connectivity index (χ4v) is 1.50. The van der Waals surface area contributed by atoms with E-state index in [1.165, 1.54) is 0 Å². The Bertz CT molecular complexity index is 403. The minimum absolute atomic E-state index is 0.457. The molecule has 0 unspecified atom stereocenters. The van der Waals surface area contributed by atoms with E-state index >= 15 is 0 Å². The summed E-state index contributed by atoms with van der Waals surface area (Å²) < 4.78 is 21.1. The van der Waals surface area contributed by atoms with Gasteiger partial charge >= 0.3 is 0 Å². The van der Waals surface area contributed by atoms with Crippen molar-refractivity contribution in [2.24, 2.45) is 0 Å². The van der Waals surface area contributed by atoms with Gasteiger partial charge in [-0.3, -0.25) is 0 Å². The van der Waals surface area contributed by atoms with Gasteiger partial charge in [0.2, 0.25) is 0 Å². The molecule has 0 spiro atoms. The summed E-state index contributed by atoms with van der Waals surface area (Å²) in [4.78, 5) is 0. The Kier molecular flexibility index (Phi) is 9.24. The maximum atomic E-state index is 8.76. The van der Waals surface area contributed by atoms with Crippen LogP contribution >= 0.6 is 0 Å². The molecule has 0 amide bonds. The van der Waals surface area contributed by atoms with Gasteiger partial charge in [0.15, 0.2) is 0 Å². The lowest BCUT2D eigenvalue weighted by Crippen LogP contribution is -2.11.